The van der Waals surface area contributed by atoms with Crippen molar-refractivity contribution in [3.8, 4) is 0 Å². The molecule has 1 aromatic carbocycles. The van der Waals surface area contributed by atoms with Crippen LogP contribution >= 0.6 is 11.8 Å². The van der Waals surface area contributed by atoms with Crippen molar-refractivity contribution in [2.75, 3.05) is 11.9 Å². The molecule has 6 nitrogen and oxygen atoms in total. The van der Waals surface area contributed by atoms with Crippen molar-refractivity contribution >= 4 is 45.7 Å². The molecule has 7 heteroatoms. The summed E-state index contributed by atoms with van der Waals surface area (Å²) in [6.45, 7) is 0. The molecular weight excluding hydrogens is 324 g/mol. The Labute approximate surface area is 142 Å². The minimum atomic E-state index is -0.309. The first-order valence-electron chi connectivity index (χ1n) is 7.25. The van der Waals surface area contributed by atoms with Gasteiger partial charge >= 0.3 is 0 Å². The number of aliphatic imine (C=N–C) groups is 1. The van der Waals surface area contributed by atoms with Crippen LogP contribution in [0.25, 0.3) is 5.57 Å². The highest BCUT2D eigenvalue weighted by atomic mass is 32.2. The first kappa shape index (κ1) is 14.6. The van der Waals surface area contributed by atoms with Crippen molar-refractivity contribution in [1.29, 1.82) is 0 Å². The van der Waals surface area contributed by atoms with E-state index in [1.165, 1.54) is 11.8 Å². The SMILES string of the molecule is CN1C(=O)C(=C2SC(=Nc3cccnc3)NC2=O)c2ccccc21. The summed E-state index contributed by atoms with van der Waals surface area (Å²) in [5, 5.41) is 3.15. The largest absolute Gasteiger partial charge is 0.311 e. The van der Waals surface area contributed by atoms with E-state index in [2.05, 4.69) is 15.3 Å². The fourth-order valence-electron chi connectivity index (χ4n) is 2.66. The fourth-order valence-corrected chi connectivity index (χ4v) is 3.60. The van der Waals surface area contributed by atoms with Crippen molar-refractivity contribution in [3.05, 3.63) is 59.3 Å². The fraction of sp³-hybridized carbons (Fsp3) is 0.0588. The summed E-state index contributed by atoms with van der Waals surface area (Å²) in [6.07, 6.45) is 3.26. The number of carbonyl (C=O) groups is 2. The monoisotopic (exact) mass is 336 g/mol. The molecule has 2 aliphatic rings. The zero-order valence-electron chi connectivity index (χ0n) is 12.7. The predicted octanol–water partition coefficient (Wildman–Crippen LogP) is 2.32. The van der Waals surface area contributed by atoms with Crippen LogP contribution in [0.5, 0.6) is 0 Å². The van der Waals surface area contributed by atoms with Crippen LogP contribution in [0.3, 0.4) is 0 Å². The smallest absolute Gasteiger partial charge is 0.264 e. The van der Waals surface area contributed by atoms with E-state index in [1.54, 1.807) is 36.5 Å². The number of thioether (sulfide) groups is 1. The van der Waals surface area contributed by atoms with E-state index in [0.717, 1.165) is 11.3 Å². The third-order valence-electron chi connectivity index (χ3n) is 3.78. The molecule has 0 spiro atoms. The summed E-state index contributed by atoms with van der Waals surface area (Å²) in [4.78, 5) is 35.2. The maximum absolute atomic E-state index is 12.6. The average Bonchev–Trinajstić information content (AvgIpc) is 3.07. The maximum Gasteiger partial charge on any atom is 0.264 e. The van der Waals surface area contributed by atoms with Crippen molar-refractivity contribution in [1.82, 2.24) is 10.3 Å². The third-order valence-corrected chi connectivity index (χ3v) is 4.76. The molecule has 0 bridgehead atoms. The van der Waals surface area contributed by atoms with Crippen LogP contribution in [0.4, 0.5) is 11.4 Å². The van der Waals surface area contributed by atoms with E-state index in [0.29, 0.717) is 21.3 Å². The molecule has 1 aromatic heterocycles. The molecule has 2 amide bonds. The van der Waals surface area contributed by atoms with E-state index < -0.39 is 0 Å². The predicted molar refractivity (Wildman–Crippen MR) is 93.8 cm³/mol. The quantitative estimate of drug-likeness (QED) is 0.811. The van der Waals surface area contributed by atoms with Crippen LogP contribution in [0, 0.1) is 0 Å². The number of amides is 2. The first-order chi connectivity index (χ1) is 11.6. The molecule has 3 heterocycles. The van der Waals surface area contributed by atoms with E-state index in [9.17, 15) is 9.59 Å². The van der Waals surface area contributed by atoms with Gasteiger partial charge in [0, 0.05) is 18.8 Å². The van der Waals surface area contributed by atoms with Gasteiger partial charge in [-0.05, 0) is 30.0 Å². The first-order valence-corrected chi connectivity index (χ1v) is 8.06. The zero-order valence-corrected chi connectivity index (χ0v) is 13.5. The van der Waals surface area contributed by atoms with Gasteiger partial charge in [-0.25, -0.2) is 4.99 Å². The molecule has 4 rings (SSSR count). The van der Waals surface area contributed by atoms with Crippen LogP contribution < -0.4 is 10.2 Å². The van der Waals surface area contributed by atoms with Crippen LogP contribution in [0.15, 0.2) is 58.7 Å². The number of benzene rings is 1. The highest BCUT2D eigenvalue weighted by Crippen LogP contribution is 2.41. The van der Waals surface area contributed by atoms with Gasteiger partial charge < -0.3 is 10.2 Å². The number of aromatic nitrogens is 1. The average molecular weight is 336 g/mol. The number of rotatable bonds is 1. The minimum Gasteiger partial charge on any atom is -0.311 e. The lowest BCUT2D eigenvalue weighted by atomic mass is 10.1. The second-order valence-electron chi connectivity index (χ2n) is 5.27. The van der Waals surface area contributed by atoms with Gasteiger partial charge in [0.15, 0.2) is 5.17 Å². The van der Waals surface area contributed by atoms with Gasteiger partial charge in [-0.2, -0.15) is 0 Å². The molecule has 24 heavy (non-hydrogen) atoms. The van der Waals surface area contributed by atoms with Gasteiger partial charge in [0.1, 0.15) is 0 Å². The van der Waals surface area contributed by atoms with E-state index >= 15 is 0 Å². The zero-order chi connectivity index (χ0) is 16.7. The molecular formula is C17H12N4O2S. The van der Waals surface area contributed by atoms with E-state index in [1.807, 2.05) is 24.3 Å². The Hall–Kier alpha value is -2.93. The summed E-state index contributed by atoms with van der Waals surface area (Å²) in [6, 6.07) is 11.0. The highest BCUT2D eigenvalue weighted by molar-refractivity contribution is 8.18. The lowest BCUT2D eigenvalue weighted by Crippen LogP contribution is -2.23. The normalized spacial score (nSPS) is 21.4. The molecule has 0 saturated carbocycles. The second kappa shape index (κ2) is 5.61. The number of fused-ring (bicyclic) bond motifs is 1. The van der Waals surface area contributed by atoms with Crippen LogP contribution in [-0.4, -0.2) is 29.0 Å². The minimum absolute atomic E-state index is 0.184. The topological polar surface area (TPSA) is 74.7 Å². The van der Waals surface area contributed by atoms with Gasteiger partial charge in [-0.3, -0.25) is 14.6 Å². The number of para-hydroxylation sites is 1. The summed E-state index contributed by atoms with van der Waals surface area (Å²) >= 11 is 1.17. The molecule has 0 atom stereocenters. The maximum atomic E-state index is 12.6. The molecule has 1 fully saturated rings. The van der Waals surface area contributed by atoms with Crippen LogP contribution in [-0.2, 0) is 9.59 Å². The highest BCUT2D eigenvalue weighted by Gasteiger charge is 2.37. The number of amidine groups is 1. The summed E-state index contributed by atoms with van der Waals surface area (Å²) in [7, 11) is 1.71. The Morgan fingerprint density at radius 1 is 1.17 bits per heavy atom. The number of anilines is 1. The number of hydrogen-bond acceptors (Lipinski definition) is 5. The molecule has 1 N–H and O–H groups in total. The number of hydrogen-bond donors (Lipinski definition) is 1. The molecule has 1 saturated heterocycles. The molecule has 2 aromatic rings. The van der Waals surface area contributed by atoms with Crippen molar-refractivity contribution in [2.24, 2.45) is 4.99 Å². The van der Waals surface area contributed by atoms with Gasteiger partial charge in [0.05, 0.1) is 28.0 Å². The Morgan fingerprint density at radius 2 is 2.00 bits per heavy atom. The van der Waals surface area contributed by atoms with Gasteiger partial charge in [-0.15, -0.1) is 0 Å². The number of likely N-dealkylation sites (N-methyl/N-ethyl adjacent to an activating group) is 1. The summed E-state index contributed by atoms with van der Waals surface area (Å²) in [5.74, 6) is -0.493. The molecule has 0 unspecified atom stereocenters. The second-order valence-corrected chi connectivity index (χ2v) is 6.27. The van der Waals surface area contributed by atoms with Crippen molar-refractivity contribution in [2.45, 2.75) is 0 Å². The number of pyridine rings is 1. The summed E-state index contributed by atoms with van der Waals surface area (Å²) in [5.41, 5.74) is 2.63. The van der Waals surface area contributed by atoms with Crippen LogP contribution in [0.2, 0.25) is 0 Å². The standard InChI is InChI=1S/C17H12N4O2S/c1-21-12-7-3-2-6-11(12)13(16(21)23)14-15(22)20-17(24-14)19-10-5-4-8-18-9-10/h2-9H,1H3,(H,19,20,22). The summed E-state index contributed by atoms with van der Waals surface area (Å²) < 4.78 is 0. The molecule has 118 valence electrons. The Kier molecular flexibility index (Phi) is 3.42. The van der Waals surface area contributed by atoms with Crippen molar-refractivity contribution < 1.29 is 9.59 Å². The number of carbonyl (C=O) groups excluding carboxylic acids is 2. The van der Waals surface area contributed by atoms with E-state index in [-0.39, 0.29) is 11.8 Å². The lowest BCUT2D eigenvalue weighted by molar-refractivity contribution is -0.116. The van der Waals surface area contributed by atoms with E-state index in [4.69, 9.17) is 0 Å². The Morgan fingerprint density at radius 3 is 2.79 bits per heavy atom. The number of nitrogens with zero attached hydrogens (tertiary/aromatic N) is 3. The third kappa shape index (κ3) is 2.30. The molecule has 0 radical (unpaired) electrons. The Bertz CT molecular complexity index is 921. The lowest BCUT2D eigenvalue weighted by Gasteiger charge is -2.08. The molecule has 2 aliphatic heterocycles. The van der Waals surface area contributed by atoms with Gasteiger partial charge in [-0.1, -0.05) is 18.2 Å². The van der Waals surface area contributed by atoms with Gasteiger partial charge in [0.25, 0.3) is 11.8 Å². The van der Waals surface area contributed by atoms with Crippen LogP contribution in [0.1, 0.15) is 5.56 Å². The molecule has 0 aliphatic carbocycles. The van der Waals surface area contributed by atoms with Crippen molar-refractivity contribution in [3.63, 3.8) is 0 Å². The van der Waals surface area contributed by atoms with Gasteiger partial charge in [0.2, 0.25) is 0 Å². The Balaban J connectivity index is 1.77. The number of nitrogens with one attached hydrogen (secondary N) is 1.